The first-order valence-corrected chi connectivity index (χ1v) is 5.72. The zero-order valence-electron chi connectivity index (χ0n) is 10.5. The Balaban J connectivity index is 2.77. The molecule has 0 aliphatic heterocycles. The summed E-state index contributed by atoms with van der Waals surface area (Å²) in [6.45, 7) is 5.24. The van der Waals surface area contributed by atoms with E-state index in [0.717, 1.165) is 0 Å². The molecule has 3 N–H and O–H groups in total. The van der Waals surface area contributed by atoms with Gasteiger partial charge in [0.15, 0.2) is 0 Å². The van der Waals surface area contributed by atoms with Gasteiger partial charge in [-0.05, 0) is 26.3 Å². The molecule has 0 aromatic heterocycles. The van der Waals surface area contributed by atoms with E-state index in [4.69, 9.17) is 5.73 Å². The molecule has 1 unspecified atom stereocenters. The van der Waals surface area contributed by atoms with Crippen LogP contribution in [0.15, 0.2) is 24.3 Å². The predicted molar refractivity (Wildman–Crippen MR) is 65.8 cm³/mol. The maximum absolute atomic E-state index is 13.5. The minimum absolute atomic E-state index is 0.268. The van der Waals surface area contributed by atoms with E-state index < -0.39 is 11.6 Å². The van der Waals surface area contributed by atoms with Crippen molar-refractivity contribution in [2.75, 3.05) is 0 Å². The lowest BCUT2D eigenvalue weighted by Crippen LogP contribution is -2.51. The normalized spacial score (nSPS) is 16.1. The molecule has 0 radical (unpaired) electrons. The number of hydrogen-bond acceptors (Lipinski definition) is 2. The van der Waals surface area contributed by atoms with Crippen LogP contribution >= 0.6 is 0 Å². The molecule has 0 heterocycles. The summed E-state index contributed by atoms with van der Waals surface area (Å²) in [7, 11) is 0. The third-order valence-corrected chi connectivity index (χ3v) is 2.97. The van der Waals surface area contributed by atoms with Gasteiger partial charge in [-0.2, -0.15) is 0 Å². The first kappa shape index (κ1) is 13.6. The summed E-state index contributed by atoms with van der Waals surface area (Å²) in [6, 6.07) is 5.99. The Morgan fingerprint density at radius 1 is 1.53 bits per heavy atom. The van der Waals surface area contributed by atoms with Gasteiger partial charge in [-0.15, -0.1) is 0 Å². The molecule has 3 nitrogen and oxygen atoms in total. The summed E-state index contributed by atoms with van der Waals surface area (Å²) in [5.74, 6) is -0.591. The van der Waals surface area contributed by atoms with E-state index in [-0.39, 0.29) is 11.7 Å². The molecule has 0 fully saturated rings. The van der Waals surface area contributed by atoms with Crippen LogP contribution in [0.2, 0.25) is 0 Å². The van der Waals surface area contributed by atoms with Crippen molar-refractivity contribution in [2.24, 2.45) is 5.73 Å². The average molecular weight is 238 g/mol. The van der Waals surface area contributed by atoms with Crippen molar-refractivity contribution in [1.29, 1.82) is 0 Å². The molecule has 0 saturated heterocycles. The van der Waals surface area contributed by atoms with Gasteiger partial charge in [0.25, 0.3) is 0 Å². The van der Waals surface area contributed by atoms with Gasteiger partial charge < -0.3 is 11.1 Å². The lowest BCUT2D eigenvalue weighted by molar-refractivity contribution is -0.126. The monoisotopic (exact) mass is 238 g/mol. The van der Waals surface area contributed by atoms with E-state index in [9.17, 15) is 9.18 Å². The maximum atomic E-state index is 13.5. The van der Waals surface area contributed by atoms with Crippen LogP contribution in [0, 0.1) is 5.82 Å². The van der Waals surface area contributed by atoms with Gasteiger partial charge in [-0.3, -0.25) is 4.79 Å². The van der Waals surface area contributed by atoms with Gasteiger partial charge in [0.1, 0.15) is 5.82 Å². The van der Waals surface area contributed by atoms with E-state index >= 15 is 0 Å². The quantitative estimate of drug-likeness (QED) is 0.844. The maximum Gasteiger partial charge on any atom is 0.240 e. The number of halogens is 1. The van der Waals surface area contributed by atoms with Crippen LogP contribution in [-0.4, -0.2) is 11.4 Å². The summed E-state index contributed by atoms with van der Waals surface area (Å²) in [5, 5.41) is 2.72. The molecule has 0 spiro atoms. The molecule has 1 aromatic rings. The molecule has 1 aromatic carbocycles. The Labute approximate surface area is 101 Å². The number of amides is 1. The van der Waals surface area contributed by atoms with E-state index in [1.807, 2.05) is 6.92 Å². The van der Waals surface area contributed by atoms with Gasteiger partial charge in [0.05, 0.1) is 11.6 Å². The minimum Gasteiger partial charge on any atom is -0.348 e. The van der Waals surface area contributed by atoms with Gasteiger partial charge in [-0.25, -0.2) is 4.39 Å². The molecule has 1 amide bonds. The van der Waals surface area contributed by atoms with Crippen LogP contribution in [0.5, 0.6) is 0 Å². The summed E-state index contributed by atoms with van der Waals surface area (Å²) >= 11 is 0. The summed E-state index contributed by atoms with van der Waals surface area (Å²) in [5.41, 5.74) is 5.37. The number of rotatable bonds is 4. The number of hydrogen-bond donors (Lipinski definition) is 2. The van der Waals surface area contributed by atoms with Crippen molar-refractivity contribution >= 4 is 5.91 Å². The Morgan fingerprint density at radius 2 is 2.12 bits per heavy atom. The fraction of sp³-hybridized carbons (Fsp3) is 0.462. The molecule has 1 rings (SSSR count). The molecule has 0 aliphatic rings. The lowest BCUT2D eigenvalue weighted by Gasteiger charge is -2.24. The van der Waals surface area contributed by atoms with Crippen LogP contribution in [0.25, 0.3) is 0 Å². The molecule has 17 heavy (non-hydrogen) atoms. The molecule has 2 atom stereocenters. The fourth-order valence-corrected chi connectivity index (χ4v) is 1.43. The van der Waals surface area contributed by atoms with Gasteiger partial charge in [0, 0.05) is 5.56 Å². The van der Waals surface area contributed by atoms with Crippen LogP contribution in [0.4, 0.5) is 4.39 Å². The molecule has 0 aliphatic carbocycles. The van der Waals surface area contributed by atoms with E-state index in [0.29, 0.717) is 12.0 Å². The Hall–Kier alpha value is -1.42. The predicted octanol–water partition coefficient (Wildman–Crippen LogP) is 2.13. The van der Waals surface area contributed by atoms with Gasteiger partial charge >= 0.3 is 0 Å². The van der Waals surface area contributed by atoms with Crippen molar-refractivity contribution < 1.29 is 9.18 Å². The van der Waals surface area contributed by atoms with Crippen LogP contribution in [0.1, 0.15) is 38.8 Å². The third kappa shape index (κ3) is 3.27. The third-order valence-electron chi connectivity index (χ3n) is 2.97. The highest BCUT2D eigenvalue weighted by Crippen LogP contribution is 2.17. The van der Waals surface area contributed by atoms with Crippen molar-refractivity contribution in [3.8, 4) is 0 Å². The second-order valence-corrected chi connectivity index (χ2v) is 4.49. The minimum atomic E-state index is -0.917. The highest BCUT2D eigenvalue weighted by molar-refractivity contribution is 5.85. The molecule has 0 bridgehead atoms. The Morgan fingerprint density at radius 3 is 2.65 bits per heavy atom. The number of benzene rings is 1. The molecular weight excluding hydrogens is 219 g/mol. The second-order valence-electron chi connectivity index (χ2n) is 4.49. The fourth-order valence-electron chi connectivity index (χ4n) is 1.43. The topological polar surface area (TPSA) is 55.1 Å². The van der Waals surface area contributed by atoms with Crippen molar-refractivity contribution in [3.63, 3.8) is 0 Å². The first-order valence-electron chi connectivity index (χ1n) is 5.72. The van der Waals surface area contributed by atoms with Gasteiger partial charge in [0.2, 0.25) is 5.91 Å². The smallest absolute Gasteiger partial charge is 0.240 e. The number of carbonyl (C=O) groups excluding carboxylic acids is 1. The SMILES string of the molecule is CCC(C)(N)C(=O)N[C@H](C)c1ccccc1F. The second kappa shape index (κ2) is 5.27. The summed E-state index contributed by atoms with van der Waals surface area (Å²) in [4.78, 5) is 11.8. The van der Waals surface area contributed by atoms with Crippen LogP contribution in [-0.2, 0) is 4.79 Å². The summed E-state index contributed by atoms with van der Waals surface area (Å²) < 4.78 is 13.5. The standard InChI is InChI=1S/C13H19FN2O/c1-4-13(3,15)12(17)16-9(2)10-7-5-6-8-11(10)14/h5-9H,4,15H2,1-3H3,(H,16,17)/t9-,13?/m1/s1. The molecular formula is C13H19FN2O. The highest BCUT2D eigenvalue weighted by Gasteiger charge is 2.27. The van der Waals surface area contributed by atoms with E-state index in [1.54, 1.807) is 32.0 Å². The lowest BCUT2D eigenvalue weighted by atomic mass is 9.98. The number of carbonyl (C=O) groups is 1. The van der Waals surface area contributed by atoms with E-state index in [2.05, 4.69) is 5.32 Å². The average Bonchev–Trinajstić information content (AvgIpc) is 2.29. The summed E-state index contributed by atoms with van der Waals surface area (Å²) in [6.07, 6.45) is 0.531. The van der Waals surface area contributed by atoms with Crippen molar-refractivity contribution in [2.45, 2.75) is 38.8 Å². The largest absolute Gasteiger partial charge is 0.348 e. The number of nitrogens with one attached hydrogen (secondary N) is 1. The first-order chi connectivity index (χ1) is 7.88. The Kier molecular flexibility index (Phi) is 4.23. The Bertz CT molecular complexity index is 404. The van der Waals surface area contributed by atoms with Gasteiger partial charge in [-0.1, -0.05) is 25.1 Å². The highest BCUT2D eigenvalue weighted by atomic mass is 19.1. The van der Waals surface area contributed by atoms with Crippen molar-refractivity contribution in [3.05, 3.63) is 35.6 Å². The molecule has 4 heteroatoms. The van der Waals surface area contributed by atoms with Crippen molar-refractivity contribution in [1.82, 2.24) is 5.32 Å². The zero-order chi connectivity index (χ0) is 13.1. The number of nitrogens with two attached hydrogens (primary N) is 1. The van der Waals surface area contributed by atoms with Crippen LogP contribution < -0.4 is 11.1 Å². The zero-order valence-corrected chi connectivity index (χ0v) is 10.5. The molecule has 0 saturated carbocycles. The van der Waals surface area contributed by atoms with Crippen LogP contribution in [0.3, 0.4) is 0 Å². The van der Waals surface area contributed by atoms with E-state index in [1.165, 1.54) is 6.07 Å². The molecule has 94 valence electrons.